The maximum absolute atomic E-state index is 12.5. The molecule has 3 heterocycles. The lowest BCUT2D eigenvalue weighted by molar-refractivity contribution is 0.0766. The van der Waals surface area contributed by atoms with Gasteiger partial charge in [-0.25, -0.2) is 0 Å². The number of thiophene rings is 1. The van der Waals surface area contributed by atoms with Gasteiger partial charge in [0, 0.05) is 31.7 Å². The number of carbonyl (C=O) groups excluding carboxylic acids is 1. The summed E-state index contributed by atoms with van der Waals surface area (Å²) < 4.78 is 5.38. The van der Waals surface area contributed by atoms with Gasteiger partial charge in [-0.3, -0.25) is 9.69 Å². The van der Waals surface area contributed by atoms with E-state index < -0.39 is 0 Å². The molecule has 1 amide bonds. The Balaban J connectivity index is 1.36. The van der Waals surface area contributed by atoms with E-state index in [-0.39, 0.29) is 5.91 Å². The minimum absolute atomic E-state index is 0.132. The lowest BCUT2D eigenvalue weighted by Crippen LogP contribution is -2.34. The molecule has 0 N–H and O–H groups in total. The van der Waals surface area contributed by atoms with E-state index in [1.807, 2.05) is 52.7 Å². The van der Waals surface area contributed by atoms with Gasteiger partial charge in [0.05, 0.1) is 11.4 Å². The molecule has 0 bridgehead atoms. The highest BCUT2D eigenvalue weighted by Gasteiger charge is 2.22. The first-order valence-electron chi connectivity index (χ1n) is 8.73. The van der Waals surface area contributed by atoms with Crippen molar-refractivity contribution < 1.29 is 9.32 Å². The van der Waals surface area contributed by atoms with Crippen LogP contribution in [0.25, 0.3) is 11.5 Å². The van der Waals surface area contributed by atoms with Gasteiger partial charge in [-0.2, -0.15) is 4.98 Å². The van der Waals surface area contributed by atoms with E-state index in [9.17, 15) is 4.79 Å². The van der Waals surface area contributed by atoms with Gasteiger partial charge in [0.15, 0.2) is 5.82 Å². The fourth-order valence-corrected chi connectivity index (χ4v) is 3.80. The zero-order valence-corrected chi connectivity index (χ0v) is 15.2. The molecule has 1 aromatic carbocycles. The van der Waals surface area contributed by atoms with Crippen molar-refractivity contribution in [2.24, 2.45) is 0 Å². The third-order valence-electron chi connectivity index (χ3n) is 4.46. The van der Waals surface area contributed by atoms with E-state index in [2.05, 4.69) is 15.0 Å². The predicted molar refractivity (Wildman–Crippen MR) is 99.9 cm³/mol. The van der Waals surface area contributed by atoms with E-state index in [0.29, 0.717) is 18.3 Å². The minimum Gasteiger partial charge on any atom is -0.337 e. The predicted octanol–water partition coefficient (Wildman–Crippen LogP) is 3.15. The Morgan fingerprint density at radius 1 is 1.08 bits per heavy atom. The molecule has 6 nitrogen and oxygen atoms in total. The Bertz CT molecular complexity index is 848. The highest BCUT2D eigenvalue weighted by Crippen LogP contribution is 2.18. The van der Waals surface area contributed by atoms with Crippen LogP contribution in [0.3, 0.4) is 0 Å². The largest absolute Gasteiger partial charge is 0.337 e. The first-order chi connectivity index (χ1) is 12.8. The summed E-state index contributed by atoms with van der Waals surface area (Å²) in [7, 11) is 0. The SMILES string of the molecule is O=C(c1cccs1)N1CCCN(Cc2noc(-c3ccccc3)n2)CC1. The number of hydrogen-bond donors (Lipinski definition) is 0. The van der Waals surface area contributed by atoms with Crippen LogP contribution in [0.15, 0.2) is 52.4 Å². The average Bonchev–Trinajstić information content (AvgIpc) is 3.31. The average molecular weight is 368 g/mol. The molecule has 0 saturated carbocycles. The molecule has 0 unspecified atom stereocenters. The number of aromatic nitrogens is 2. The van der Waals surface area contributed by atoms with Gasteiger partial charge in [-0.15, -0.1) is 11.3 Å². The summed E-state index contributed by atoms with van der Waals surface area (Å²) in [5.41, 5.74) is 0.926. The molecule has 2 aromatic heterocycles. The molecule has 1 aliphatic rings. The summed E-state index contributed by atoms with van der Waals surface area (Å²) in [5.74, 6) is 1.36. The fraction of sp³-hybridized carbons (Fsp3) is 0.316. The van der Waals surface area contributed by atoms with Crippen molar-refractivity contribution in [3.05, 3.63) is 58.5 Å². The third kappa shape index (κ3) is 3.84. The second kappa shape index (κ2) is 7.80. The number of carbonyl (C=O) groups is 1. The van der Waals surface area contributed by atoms with Crippen LogP contribution in [0.1, 0.15) is 21.9 Å². The first-order valence-corrected chi connectivity index (χ1v) is 9.61. The van der Waals surface area contributed by atoms with E-state index in [1.54, 1.807) is 0 Å². The van der Waals surface area contributed by atoms with Crippen molar-refractivity contribution in [2.75, 3.05) is 26.2 Å². The summed E-state index contributed by atoms with van der Waals surface area (Å²) in [6.45, 7) is 3.88. The Labute approximate surface area is 156 Å². The molecule has 7 heteroatoms. The van der Waals surface area contributed by atoms with Gasteiger partial charge in [-0.05, 0) is 30.0 Å². The number of nitrogens with zero attached hydrogens (tertiary/aromatic N) is 4. The normalized spacial score (nSPS) is 15.8. The lowest BCUT2D eigenvalue weighted by Gasteiger charge is -2.20. The van der Waals surface area contributed by atoms with Crippen LogP contribution in [0.2, 0.25) is 0 Å². The second-order valence-corrected chi connectivity index (χ2v) is 7.23. The molecule has 0 radical (unpaired) electrons. The Kier molecular flexibility index (Phi) is 5.08. The zero-order valence-electron chi connectivity index (χ0n) is 14.4. The van der Waals surface area contributed by atoms with Crippen LogP contribution >= 0.6 is 11.3 Å². The van der Waals surface area contributed by atoms with E-state index in [0.717, 1.165) is 43.0 Å². The topological polar surface area (TPSA) is 62.5 Å². The van der Waals surface area contributed by atoms with Gasteiger partial charge in [0.25, 0.3) is 11.8 Å². The van der Waals surface area contributed by atoms with Crippen LogP contribution in [0.4, 0.5) is 0 Å². The van der Waals surface area contributed by atoms with Crippen molar-refractivity contribution in [3.8, 4) is 11.5 Å². The molecule has 0 spiro atoms. The number of rotatable bonds is 4. The quantitative estimate of drug-likeness (QED) is 0.708. The summed E-state index contributed by atoms with van der Waals surface area (Å²) in [5, 5.41) is 6.05. The molecule has 26 heavy (non-hydrogen) atoms. The van der Waals surface area contributed by atoms with E-state index in [4.69, 9.17) is 4.52 Å². The molecule has 3 aromatic rings. The smallest absolute Gasteiger partial charge is 0.263 e. The first kappa shape index (κ1) is 16.9. The Hall–Kier alpha value is -2.51. The minimum atomic E-state index is 0.132. The van der Waals surface area contributed by atoms with Gasteiger partial charge >= 0.3 is 0 Å². The third-order valence-corrected chi connectivity index (χ3v) is 5.32. The summed E-state index contributed by atoms with van der Waals surface area (Å²) in [4.78, 5) is 22.0. The lowest BCUT2D eigenvalue weighted by atomic mass is 10.2. The highest BCUT2D eigenvalue weighted by molar-refractivity contribution is 7.12. The van der Waals surface area contributed by atoms with Gasteiger partial charge in [0.2, 0.25) is 0 Å². The Morgan fingerprint density at radius 2 is 1.96 bits per heavy atom. The number of amides is 1. The summed E-state index contributed by atoms with van der Waals surface area (Å²) >= 11 is 1.50. The molecule has 0 aliphatic carbocycles. The van der Waals surface area contributed by atoms with Crippen molar-refractivity contribution in [3.63, 3.8) is 0 Å². The van der Waals surface area contributed by atoms with Crippen molar-refractivity contribution in [1.29, 1.82) is 0 Å². The van der Waals surface area contributed by atoms with E-state index >= 15 is 0 Å². The van der Waals surface area contributed by atoms with Gasteiger partial charge in [0.1, 0.15) is 0 Å². The van der Waals surface area contributed by atoms with Crippen LogP contribution in [-0.2, 0) is 6.54 Å². The molecule has 1 saturated heterocycles. The van der Waals surface area contributed by atoms with Crippen LogP contribution in [-0.4, -0.2) is 52.0 Å². The maximum atomic E-state index is 12.5. The summed E-state index contributed by atoms with van der Waals surface area (Å²) in [6, 6.07) is 13.6. The van der Waals surface area contributed by atoms with Crippen molar-refractivity contribution in [1.82, 2.24) is 19.9 Å². The molecule has 0 atom stereocenters. The molecular formula is C19H20N4O2S. The number of hydrogen-bond acceptors (Lipinski definition) is 6. The molecule has 134 valence electrons. The fourth-order valence-electron chi connectivity index (χ4n) is 3.10. The van der Waals surface area contributed by atoms with Crippen molar-refractivity contribution in [2.45, 2.75) is 13.0 Å². The maximum Gasteiger partial charge on any atom is 0.263 e. The van der Waals surface area contributed by atoms with Crippen LogP contribution in [0, 0.1) is 0 Å². The highest BCUT2D eigenvalue weighted by atomic mass is 32.1. The standard InChI is InChI=1S/C19H20N4O2S/c24-19(16-8-4-13-26-16)23-10-5-9-22(11-12-23)14-17-20-18(25-21-17)15-6-2-1-3-7-15/h1-4,6-8,13H,5,9-12,14H2. The molecule has 1 aliphatic heterocycles. The van der Waals surface area contributed by atoms with Crippen LogP contribution < -0.4 is 0 Å². The van der Waals surface area contributed by atoms with Gasteiger partial charge < -0.3 is 9.42 Å². The zero-order chi connectivity index (χ0) is 17.8. The van der Waals surface area contributed by atoms with E-state index in [1.165, 1.54) is 11.3 Å². The van der Waals surface area contributed by atoms with Gasteiger partial charge in [-0.1, -0.05) is 29.4 Å². The second-order valence-electron chi connectivity index (χ2n) is 6.28. The van der Waals surface area contributed by atoms with Crippen molar-refractivity contribution >= 4 is 17.2 Å². The molecule has 1 fully saturated rings. The van der Waals surface area contributed by atoms with Crippen LogP contribution in [0.5, 0.6) is 0 Å². The molecular weight excluding hydrogens is 348 g/mol. The summed E-state index contributed by atoms with van der Waals surface area (Å²) in [6.07, 6.45) is 0.945. The Morgan fingerprint density at radius 3 is 2.77 bits per heavy atom. The number of benzene rings is 1. The monoisotopic (exact) mass is 368 g/mol. The molecule has 4 rings (SSSR count).